The van der Waals surface area contributed by atoms with Gasteiger partial charge in [0.2, 0.25) is 0 Å². The number of aliphatic hydroxyl groups excluding tert-OH is 2. The van der Waals surface area contributed by atoms with Crippen LogP contribution >= 0.6 is 11.6 Å². The van der Waals surface area contributed by atoms with Crippen LogP contribution in [0, 0.1) is 0 Å². The second-order valence-corrected chi connectivity index (χ2v) is 5.93. The van der Waals surface area contributed by atoms with E-state index in [9.17, 15) is 5.11 Å². The molecular formula is C16H24ClNO2. The maximum atomic E-state index is 10.3. The van der Waals surface area contributed by atoms with Crippen LogP contribution in [0.4, 0.5) is 0 Å². The largest absolute Gasteiger partial charge is 0.396 e. The molecule has 0 spiro atoms. The fourth-order valence-corrected chi connectivity index (χ4v) is 3.29. The summed E-state index contributed by atoms with van der Waals surface area (Å²) in [5.74, 6) is 0. The summed E-state index contributed by atoms with van der Waals surface area (Å²) in [6.45, 7) is 2.26. The zero-order valence-electron chi connectivity index (χ0n) is 11.8. The van der Waals surface area contributed by atoms with E-state index in [1.54, 1.807) is 0 Å². The average Bonchev–Trinajstić information content (AvgIpc) is 2.90. The summed E-state index contributed by atoms with van der Waals surface area (Å²) >= 11 is 6.11. The van der Waals surface area contributed by atoms with Gasteiger partial charge in [0.1, 0.15) is 0 Å². The lowest BCUT2D eigenvalue weighted by molar-refractivity contribution is 0.134. The number of likely N-dealkylation sites (tertiary alicyclic amines) is 1. The Labute approximate surface area is 126 Å². The minimum atomic E-state index is -0.497. The summed E-state index contributed by atoms with van der Waals surface area (Å²) in [4.78, 5) is 2.44. The van der Waals surface area contributed by atoms with Gasteiger partial charge in [0.05, 0.1) is 6.10 Å². The SMILES string of the molecule is OCCCC1CCCN1CCC(O)c1ccccc1Cl. The highest BCUT2D eigenvalue weighted by atomic mass is 35.5. The highest BCUT2D eigenvalue weighted by Crippen LogP contribution is 2.27. The van der Waals surface area contributed by atoms with Crippen molar-refractivity contribution in [3.63, 3.8) is 0 Å². The van der Waals surface area contributed by atoms with Crippen LogP contribution in [0.1, 0.15) is 43.8 Å². The van der Waals surface area contributed by atoms with Gasteiger partial charge >= 0.3 is 0 Å². The van der Waals surface area contributed by atoms with E-state index < -0.39 is 6.10 Å². The highest BCUT2D eigenvalue weighted by molar-refractivity contribution is 6.31. The minimum absolute atomic E-state index is 0.270. The minimum Gasteiger partial charge on any atom is -0.396 e. The summed E-state index contributed by atoms with van der Waals surface area (Å²) in [5.41, 5.74) is 0.820. The fraction of sp³-hybridized carbons (Fsp3) is 0.625. The van der Waals surface area contributed by atoms with Gasteiger partial charge in [-0.15, -0.1) is 0 Å². The van der Waals surface area contributed by atoms with E-state index in [-0.39, 0.29) is 6.61 Å². The van der Waals surface area contributed by atoms with Gasteiger partial charge < -0.3 is 15.1 Å². The third-order valence-corrected chi connectivity index (χ3v) is 4.49. The van der Waals surface area contributed by atoms with Gasteiger partial charge in [-0.25, -0.2) is 0 Å². The van der Waals surface area contributed by atoms with Gasteiger partial charge in [-0.3, -0.25) is 0 Å². The first-order valence-corrected chi connectivity index (χ1v) is 7.87. The maximum absolute atomic E-state index is 10.3. The second kappa shape index (κ2) is 7.99. The summed E-state index contributed by atoms with van der Waals surface area (Å²) in [5, 5.41) is 19.8. The Hall–Kier alpha value is -0.610. The predicted octanol–water partition coefficient (Wildman–Crippen LogP) is 3.00. The first-order chi connectivity index (χ1) is 9.72. The molecule has 2 unspecified atom stereocenters. The van der Waals surface area contributed by atoms with Gasteiger partial charge in [-0.2, -0.15) is 0 Å². The lowest BCUT2D eigenvalue weighted by Gasteiger charge is -2.25. The zero-order chi connectivity index (χ0) is 14.4. The Morgan fingerprint density at radius 1 is 1.35 bits per heavy atom. The lowest BCUT2D eigenvalue weighted by atomic mass is 10.1. The third-order valence-electron chi connectivity index (χ3n) is 4.15. The van der Waals surface area contributed by atoms with Crippen LogP contribution in [0.5, 0.6) is 0 Å². The molecule has 3 nitrogen and oxygen atoms in total. The molecule has 112 valence electrons. The molecule has 2 N–H and O–H groups in total. The quantitative estimate of drug-likeness (QED) is 0.813. The summed E-state index contributed by atoms with van der Waals surface area (Å²) in [7, 11) is 0. The van der Waals surface area contributed by atoms with Gasteiger partial charge in [0.25, 0.3) is 0 Å². The molecule has 0 saturated carbocycles. The van der Waals surface area contributed by atoms with E-state index in [1.807, 2.05) is 24.3 Å². The Bertz CT molecular complexity index is 413. The van der Waals surface area contributed by atoms with Crippen LogP contribution in [0.3, 0.4) is 0 Å². The van der Waals surface area contributed by atoms with Crippen molar-refractivity contribution in [2.24, 2.45) is 0 Å². The van der Waals surface area contributed by atoms with Crippen LogP contribution in [0.25, 0.3) is 0 Å². The predicted molar refractivity (Wildman–Crippen MR) is 81.9 cm³/mol. The molecule has 0 aliphatic carbocycles. The molecule has 20 heavy (non-hydrogen) atoms. The topological polar surface area (TPSA) is 43.7 Å². The van der Waals surface area contributed by atoms with E-state index in [0.29, 0.717) is 17.5 Å². The number of rotatable bonds is 7. The van der Waals surface area contributed by atoms with Crippen LogP contribution in [0.15, 0.2) is 24.3 Å². The molecule has 1 aliphatic rings. The molecule has 0 aromatic heterocycles. The van der Waals surface area contributed by atoms with Crippen molar-refractivity contribution in [3.05, 3.63) is 34.9 Å². The van der Waals surface area contributed by atoms with E-state index in [2.05, 4.69) is 4.90 Å². The molecule has 0 radical (unpaired) electrons. The van der Waals surface area contributed by atoms with Gasteiger partial charge in [0, 0.05) is 24.2 Å². The van der Waals surface area contributed by atoms with Crippen LogP contribution in [0.2, 0.25) is 5.02 Å². The van der Waals surface area contributed by atoms with Crippen molar-refractivity contribution in [3.8, 4) is 0 Å². The summed E-state index contributed by atoms with van der Waals surface area (Å²) in [6.07, 6.45) is 4.56. The number of halogens is 1. The van der Waals surface area contributed by atoms with Crippen molar-refractivity contribution in [1.82, 2.24) is 4.90 Å². The highest BCUT2D eigenvalue weighted by Gasteiger charge is 2.24. The molecule has 4 heteroatoms. The van der Waals surface area contributed by atoms with Crippen molar-refractivity contribution >= 4 is 11.6 Å². The molecular weight excluding hydrogens is 274 g/mol. The van der Waals surface area contributed by atoms with Crippen LogP contribution < -0.4 is 0 Å². The van der Waals surface area contributed by atoms with Gasteiger partial charge in [0.15, 0.2) is 0 Å². The lowest BCUT2D eigenvalue weighted by Crippen LogP contribution is -2.31. The average molecular weight is 298 g/mol. The molecule has 2 rings (SSSR count). The first kappa shape index (κ1) is 15.8. The van der Waals surface area contributed by atoms with Crippen molar-refractivity contribution in [2.75, 3.05) is 19.7 Å². The van der Waals surface area contributed by atoms with Gasteiger partial charge in [-0.1, -0.05) is 29.8 Å². The van der Waals surface area contributed by atoms with Crippen molar-refractivity contribution in [2.45, 2.75) is 44.2 Å². The standard InChI is InChI=1S/C16H24ClNO2/c17-15-8-2-1-7-14(15)16(20)9-11-18-10-3-5-13(18)6-4-12-19/h1-2,7-8,13,16,19-20H,3-6,9-12H2. The molecule has 2 atom stereocenters. The number of aliphatic hydroxyl groups is 2. The van der Waals surface area contributed by atoms with E-state index in [1.165, 1.54) is 12.8 Å². The van der Waals surface area contributed by atoms with Crippen molar-refractivity contribution in [1.29, 1.82) is 0 Å². The third kappa shape index (κ3) is 4.19. The van der Waals surface area contributed by atoms with Crippen LogP contribution in [-0.2, 0) is 0 Å². The van der Waals surface area contributed by atoms with Crippen molar-refractivity contribution < 1.29 is 10.2 Å². The molecule has 1 aromatic rings. The maximum Gasteiger partial charge on any atom is 0.0816 e. The number of hydrogen-bond donors (Lipinski definition) is 2. The number of nitrogens with zero attached hydrogens (tertiary/aromatic N) is 1. The Morgan fingerprint density at radius 3 is 2.90 bits per heavy atom. The molecule has 1 fully saturated rings. The fourth-order valence-electron chi connectivity index (χ4n) is 3.03. The Balaban J connectivity index is 1.83. The van der Waals surface area contributed by atoms with Crippen LogP contribution in [-0.4, -0.2) is 40.9 Å². The molecule has 1 saturated heterocycles. The summed E-state index contributed by atoms with van der Waals surface area (Å²) < 4.78 is 0. The molecule has 1 heterocycles. The monoisotopic (exact) mass is 297 g/mol. The second-order valence-electron chi connectivity index (χ2n) is 5.52. The number of benzene rings is 1. The Morgan fingerprint density at radius 2 is 2.15 bits per heavy atom. The smallest absolute Gasteiger partial charge is 0.0816 e. The normalized spacial score (nSPS) is 21.2. The molecule has 0 bridgehead atoms. The van der Waals surface area contributed by atoms with E-state index in [4.69, 9.17) is 16.7 Å². The van der Waals surface area contributed by atoms with E-state index >= 15 is 0 Å². The van der Waals surface area contributed by atoms with E-state index in [0.717, 1.165) is 31.5 Å². The Kier molecular flexibility index (Phi) is 6.30. The zero-order valence-corrected chi connectivity index (χ0v) is 12.6. The first-order valence-electron chi connectivity index (χ1n) is 7.49. The molecule has 1 aliphatic heterocycles. The molecule has 0 amide bonds. The summed E-state index contributed by atoms with van der Waals surface area (Å²) in [6, 6.07) is 8.06. The molecule has 1 aromatic carbocycles. The number of hydrogen-bond acceptors (Lipinski definition) is 3. The van der Waals surface area contributed by atoms with Gasteiger partial charge in [-0.05, 0) is 50.3 Å².